The molecule has 1 aliphatic heterocycles. The van der Waals surface area contributed by atoms with Crippen molar-refractivity contribution >= 4 is 38.5 Å². The molecule has 1 atom stereocenters. The number of amidine groups is 1. The third-order valence-electron chi connectivity index (χ3n) is 3.01. The van der Waals surface area contributed by atoms with Gasteiger partial charge in [-0.05, 0) is 39.7 Å². The van der Waals surface area contributed by atoms with E-state index in [1.165, 1.54) is 11.6 Å². The Bertz CT molecular complexity index is 646. The predicted molar refractivity (Wildman–Crippen MR) is 86.8 cm³/mol. The highest BCUT2D eigenvalue weighted by Crippen LogP contribution is 2.31. The summed E-state index contributed by atoms with van der Waals surface area (Å²) in [6.45, 7) is 0. The molecule has 1 aliphatic rings. The number of hydrogen-bond donors (Lipinski definition) is 1. The Balaban J connectivity index is 1.74. The lowest BCUT2D eigenvalue weighted by Gasteiger charge is -2.05. The van der Waals surface area contributed by atoms with Gasteiger partial charge in [0.2, 0.25) is 0 Å². The molecule has 0 radical (unpaired) electrons. The number of nitrogens with one attached hydrogen (secondary N) is 1. The van der Waals surface area contributed by atoms with E-state index in [4.69, 9.17) is 0 Å². The molecule has 1 unspecified atom stereocenters. The number of nitrogens with zero attached hydrogens (tertiary/aromatic N) is 1. The van der Waals surface area contributed by atoms with E-state index in [1.807, 2.05) is 24.3 Å². The standard InChI is InChI=1S/C15H12BrFN2S/c16-12-7-6-11(8-13(12)17)18-15-19-14(9-20-15)10-4-2-1-3-5-10/h1-8,14H,9H2,(H,18,19). The molecule has 5 heteroatoms. The zero-order valence-electron chi connectivity index (χ0n) is 10.5. The van der Waals surface area contributed by atoms with Gasteiger partial charge < -0.3 is 5.32 Å². The van der Waals surface area contributed by atoms with E-state index < -0.39 is 0 Å². The smallest absolute Gasteiger partial charge is 0.161 e. The van der Waals surface area contributed by atoms with E-state index in [2.05, 4.69) is 38.4 Å². The Morgan fingerprint density at radius 2 is 2.00 bits per heavy atom. The first kappa shape index (κ1) is 13.6. The third kappa shape index (κ3) is 3.04. The van der Waals surface area contributed by atoms with Gasteiger partial charge in [0.25, 0.3) is 0 Å². The molecule has 0 amide bonds. The molecule has 0 aliphatic carbocycles. The summed E-state index contributed by atoms with van der Waals surface area (Å²) in [5.41, 5.74) is 1.92. The van der Waals surface area contributed by atoms with Gasteiger partial charge in [0.05, 0.1) is 10.5 Å². The molecule has 1 N–H and O–H groups in total. The first-order valence-corrected chi connectivity index (χ1v) is 7.98. The lowest BCUT2D eigenvalue weighted by Crippen LogP contribution is -2.05. The van der Waals surface area contributed by atoms with Gasteiger partial charge in [-0.25, -0.2) is 4.39 Å². The Kier molecular flexibility index (Phi) is 4.08. The van der Waals surface area contributed by atoms with Crippen molar-refractivity contribution in [3.05, 3.63) is 64.4 Å². The van der Waals surface area contributed by atoms with Crippen molar-refractivity contribution in [1.82, 2.24) is 0 Å². The van der Waals surface area contributed by atoms with Crippen LogP contribution in [0.1, 0.15) is 11.6 Å². The van der Waals surface area contributed by atoms with E-state index in [-0.39, 0.29) is 11.9 Å². The zero-order chi connectivity index (χ0) is 13.9. The summed E-state index contributed by atoms with van der Waals surface area (Å²) in [7, 11) is 0. The summed E-state index contributed by atoms with van der Waals surface area (Å²) in [6, 6.07) is 15.3. The van der Waals surface area contributed by atoms with Crippen molar-refractivity contribution in [2.24, 2.45) is 4.99 Å². The molecule has 102 valence electrons. The molecule has 0 bridgehead atoms. The number of benzene rings is 2. The number of rotatable bonds is 2. The highest BCUT2D eigenvalue weighted by molar-refractivity contribution is 9.10. The second kappa shape index (κ2) is 5.97. The lowest BCUT2D eigenvalue weighted by atomic mass is 10.1. The van der Waals surface area contributed by atoms with Gasteiger partial charge >= 0.3 is 0 Å². The van der Waals surface area contributed by atoms with Gasteiger partial charge in [-0.3, -0.25) is 4.99 Å². The number of halogens is 2. The minimum Gasteiger partial charge on any atom is -0.335 e. The average molecular weight is 351 g/mol. The molecule has 0 aromatic heterocycles. The Morgan fingerprint density at radius 1 is 1.20 bits per heavy atom. The molecule has 0 spiro atoms. The quantitative estimate of drug-likeness (QED) is 0.837. The fourth-order valence-corrected chi connectivity index (χ4v) is 3.21. The molecular formula is C15H12BrFN2S. The van der Waals surface area contributed by atoms with Crippen LogP contribution in [0.3, 0.4) is 0 Å². The molecule has 0 fully saturated rings. The first-order valence-electron chi connectivity index (χ1n) is 6.20. The first-order chi connectivity index (χ1) is 9.72. The summed E-state index contributed by atoms with van der Waals surface area (Å²) < 4.78 is 13.9. The fourth-order valence-electron chi connectivity index (χ4n) is 1.99. The monoisotopic (exact) mass is 350 g/mol. The summed E-state index contributed by atoms with van der Waals surface area (Å²) in [4.78, 5) is 4.64. The second-order valence-corrected chi connectivity index (χ2v) is 6.29. The summed E-state index contributed by atoms with van der Waals surface area (Å²) in [5, 5.41) is 3.99. The lowest BCUT2D eigenvalue weighted by molar-refractivity contribution is 0.622. The van der Waals surface area contributed by atoms with Crippen LogP contribution in [0.4, 0.5) is 10.1 Å². The average Bonchev–Trinajstić information content (AvgIpc) is 2.92. The molecule has 0 saturated heterocycles. The van der Waals surface area contributed by atoms with Crippen LogP contribution >= 0.6 is 27.7 Å². The highest BCUT2D eigenvalue weighted by Gasteiger charge is 2.19. The van der Waals surface area contributed by atoms with Gasteiger partial charge in [-0.15, -0.1) is 0 Å². The van der Waals surface area contributed by atoms with Crippen LogP contribution in [0.25, 0.3) is 0 Å². The number of hydrogen-bond acceptors (Lipinski definition) is 3. The summed E-state index contributed by atoms with van der Waals surface area (Å²) >= 11 is 4.80. The third-order valence-corrected chi connectivity index (χ3v) is 4.61. The van der Waals surface area contributed by atoms with Crippen molar-refractivity contribution in [2.45, 2.75) is 6.04 Å². The van der Waals surface area contributed by atoms with Gasteiger partial charge in [-0.2, -0.15) is 0 Å². The van der Waals surface area contributed by atoms with Crippen LogP contribution in [-0.4, -0.2) is 10.9 Å². The molecule has 0 saturated carbocycles. The normalized spacial score (nSPS) is 17.9. The molecule has 3 rings (SSSR count). The van der Waals surface area contributed by atoms with Gasteiger partial charge in [0.1, 0.15) is 5.82 Å². The van der Waals surface area contributed by atoms with Crippen molar-refractivity contribution < 1.29 is 4.39 Å². The molecule has 2 aromatic rings. The van der Waals surface area contributed by atoms with Crippen LogP contribution in [0.2, 0.25) is 0 Å². The van der Waals surface area contributed by atoms with E-state index in [0.717, 1.165) is 10.9 Å². The number of anilines is 1. The molecule has 20 heavy (non-hydrogen) atoms. The summed E-state index contributed by atoms with van der Waals surface area (Å²) in [6.07, 6.45) is 0. The van der Waals surface area contributed by atoms with Gasteiger partial charge in [0.15, 0.2) is 5.17 Å². The number of thioether (sulfide) groups is 1. The molecular weight excluding hydrogens is 339 g/mol. The minimum absolute atomic E-state index is 0.170. The van der Waals surface area contributed by atoms with Crippen LogP contribution in [-0.2, 0) is 0 Å². The SMILES string of the molecule is Fc1cc(NC2=NC(c3ccccc3)CS2)ccc1Br. The zero-order valence-corrected chi connectivity index (χ0v) is 12.9. The molecule has 2 nitrogen and oxygen atoms in total. The maximum atomic E-state index is 13.5. The van der Waals surface area contributed by atoms with E-state index in [0.29, 0.717) is 10.2 Å². The Morgan fingerprint density at radius 3 is 2.75 bits per heavy atom. The van der Waals surface area contributed by atoms with Crippen molar-refractivity contribution in [2.75, 3.05) is 11.1 Å². The van der Waals surface area contributed by atoms with E-state index in [9.17, 15) is 4.39 Å². The molecule has 2 aromatic carbocycles. The van der Waals surface area contributed by atoms with Gasteiger partial charge in [0, 0.05) is 11.4 Å². The van der Waals surface area contributed by atoms with Crippen molar-refractivity contribution in [3.63, 3.8) is 0 Å². The topological polar surface area (TPSA) is 24.4 Å². The minimum atomic E-state index is -0.279. The van der Waals surface area contributed by atoms with Crippen LogP contribution < -0.4 is 5.32 Å². The van der Waals surface area contributed by atoms with E-state index >= 15 is 0 Å². The maximum Gasteiger partial charge on any atom is 0.161 e. The second-order valence-electron chi connectivity index (χ2n) is 4.43. The fraction of sp³-hybridized carbons (Fsp3) is 0.133. The highest BCUT2D eigenvalue weighted by atomic mass is 79.9. The van der Waals surface area contributed by atoms with Crippen molar-refractivity contribution in [1.29, 1.82) is 0 Å². The van der Waals surface area contributed by atoms with E-state index in [1.54, 1.807) is 17.8 Å². The van der Waals surface area contributed by atoms with Crippen LogP contribution in [0.15, 0.2) is 58.0 Å². The Hall–Kier alpha value is -1.33. The maximum absolute atomic E-state index is 13.5. The van der Waals surface area contributed by atoms with Crippen LogP contribution in [0, 0.1) is 5.82 Å². The van der Waals surface area contributed by atoms with Gasteiger partial charge in [-0.1, -0.05) is 42.1 Å². The summed E-state index contributed by atoms with van der Waals surface area (Å²) in [5.74, 6) is 0.629. The predicted octanol–water partition coefficient (Wildman–Crippen LogP) is 4.84. The Labute approximate surface area is 129 Å². The van der Waals surface area contributed by atoms with Crippen molar-refractivity contribution in [3.8, 4) is 0 Å². The van der Waals surface area contributed by atoms with Crippen LogP contribution in [0.5, 0.6) is 0 Å². The largest absolute Gasteiger partial charge is 0.335 e. The molecule has 1 heterocycles. The number of aliphatic imine (C=N–C) groups is 1.